The van der Waals surface area contributed by atoms with Crippen molar-refractivity contribution in [2.24, 2.45) is 0 Å². The molecule has 11 nitrogen and oxygen atoms in total. The van der Waals surface area contributed by atoms with Crippen LogP contribution in [-0.2, 0) is 10.1 Å². The molecule has 2 N–H and O–H groups in total. The van der Waals surface area contributed by atoms with E-state index in [-0.39, 0.29) is 45.8 Å². The summed E-state index contributed by atoms with van der Waals surface area (Å²) in [4.78, 5) is 36.6. The van der Waals surface area contributed by atoms with Crippen molar-refractivity contribution in [1.29, 1.82) is 0 Å². The summed E-state index contributed by atoms with van der Waals surface area (Å²) in [6, 6.07) is 41.1. The molecule has 0 saturated heterocycles. The van der Waals surface area contributed by atoms with Gasteiger partial charge in [-0.1, -0.05) is 121 Å². The molecule has 0 unspecified atom stereocenters. The molecule has 9 aromatic rings. The number of H-pyrrole nitrogens is 2. The zero-order valence-electron chi connectivity index (χ0n) is 28.0. The Morgan fingerprint density at radius 2 is 0.836 bits per heavy atom. The fourth-order valence-corrected chi connectivity index (χ4v) is 8.47. The van der Waals surface area contributed by atoms with Crippen LogP contribution >= 0.6 is 0 Å². The van der Waals surface area contributed by atoms with Crippen molar-refractivity contribution in [2.75, 3.05) is 0 Å². The van der Waals surface area contributed by atoms with E-state index in [0.29, 0.717) is 56.4 Å². The quantitative estimate of drug-likeness (QED) is 0.135. The maximum absolute atomic E-state index is 14.4. The topological polar surface area (TPSA) is 152 Å². The van der Waals surface area contributed by atoms with E-state index < -0.39 is 10.1 Å². The predicted molar refractivity (Wildman–Crippen MR) is 215 cm³/mol. The van der Waals surface area contributed by atoms with Crippen LogP contribution in [-0.4, -0.2) is 77.8 Å². The molecule has 2 aliphatic heterocycles. The average Bonchev–Trinajstić information content (AvgIpc) is 3.94. The standard InChI is InChI=1S/C42H24N8O3S.Na.H/c51-54(52,53-32-21-9-12-23-11-1-2-13-24(23)32)33-22-10-20-31-34(33)42-49-40-30-19-8-7-18-29(30)38(47-40)45-36-26-15-4-3-14-25(26)35(43-36)44-37-27-16-5-6-17-28(27)39(46-37)48-41(31)50-42;;/h1-22H,(H2,43,44,45,46,47,48,49,50);;. The van der Waals surface area contributed by atoms with Gasteiger partial charge in [0.2, 0.25) is 0 Å². The summed E-state index contributed by atoms with van der Waals surface area (Å²) in [5.74, 6) is 1.90. The molecule has 8 bridgehead atoms. The summed E-state index contributed by atoms with van der Waals surface area (Å²) in [6.45, 7) is 0. The normalized spacial score (nSPS) is 12.0. The number of nitrogens with one attached hydrogen (secondary N) is 2. The molecule has 2 aliphatic rings. The number of benzene rings is 6. The van der Waals surface area contributed by atoms with Crippen LogP contribution in [0.1, 0.15) is 0 Å². The third-order valence-corrected chi connectivity index (χ3v) is 11.0. The fraction of sp³-hybridized carbons (Fsp3) is 0. The molecule has 0 amide bonds. The molecule has 3 aromatic heterocycles. The van der Waals surface area contributed by atoms with Crippen LogP contribution in [0.3, 0.4) is 0 Å². The van der Waals surface area contributed by atoms with Gasteiger partial charge in [0.05, 0.1) is 5.39 Å². The van der Waals surface area contributed by atoms with Gasteiger partial charge in [-0.2, -0.15) is 8.42 Å². The molecule has 13 heteroatoms. The number of fused-ring (bicyclic) bond motifs is 21. The van der Waals surface area contributed by atoms with Crippen LogP contribution in [0, 0.1) is 0 Å². The monoisotopic (exact) mass is 744 g/mol. The molecule has 55 heavy (non-hydrogen) atoms. The van der Waals surface area contributed by atoms with Gasteiger partial charge >= 0.3 is 39.7 Å². The van der Waals surface area contributed by atoms with Gasteiger partial charge in [0.1, 0.15) is 27.5 Å². The second kappa shape index (κ2) is 12.6. The summed E-state index contributed by atoms with van der Waals surface area (Å²) >= 11 is 0. The van der Waals surface area contributed by atoms with Crippen LogP contribution < -0.4 is 4.18 Å². The van der Waals surface area contributed by atoms with Gasteiger partial charge in [-0.25, -0.2) is 29.9 Å². The van der Waals surface area contributed by atoms with Crippen molar-refractivity contribution in [3.63, 3.8) is 0 Å². The fourth-order valence-electron chi connectivity index (χ4n) is 7.30. The van der Waals surface area contributed by atoms with E-state index in [1.165, 1.54) is 6.07 Å². The van der Waals surface area contributed by atoms with Crippen LogP contribution in [0.25, 0.3) is 100 Å². The Hall–Kier alpha value is -6.31. The summed E-state index contributed by atoms with van der Waals surface area (Å²) in [5, 5.41) is 4.07. The van der Waals surface area contributed by atoms with Gasteiger partial charge in [0.15, 0.2) is 29.0 Å². The maximum atomic E-state index is 14.4. The summed E-state index contributed by atoms with van der Waals surface area (Å²) in [6.07, 6.45) is 0. The van der Waals surface area contributed by atoms with Crippen molar-refractivity contribution in [3.05, 3.63) is 133 Å². The first-order valence-electron chi connectivity index (χ1n) is 17.1. The second-order valence-corrected chi connectivity index (χ2v) is 14.5. The SMILES string of the molecule is O=S(=O)(Oc1cccc2ccccc12)c1cccc2c3nc4nc(nc5[nH]c(nc6nc(nc([nH]3)c12)-c1ccccc1-6)c1ccccc51)-c1ccccc1-4.[NaH]. The van der Waals surface area contributed by atoms with Gasteiger partial charge in [-0.15, -0.1) is 0 Å². The molecule has 258 valence electrons. The van der Waals surface area contributed by atoms with Gasteiger partial charge in [-0.05, 0) is 17.5 Å². The molecule has 6 aromatic carbocycles. The van der Waals surface area contributed by atoms with E-state index in [9.17, 15) is 8.42 Å². The molecule has 0 spiro atoms. The molecule has 0 atom stereocenters. The Labute approximate surface area is 334 Å². The van der Waals surface area contributed by atoms with Crippen LogP contribution in [0.2, 0.25) is 0 Å². The van der Waals surface area contributed by atoms with Crippen LogP contribution in [0.15, 0.2) is 138 Å². The predicted octanol–water partition coefficient (Wildman–Crippen LogP) is 8.14. The summed E-state index contributed by atoms with van der Waals surface area (Å²) in [7, 11) is -4.42. The average molecular weight is 745 g/mol. The molecule has 0 radical (unpaired) electrons. The van der Waals surface area contributed by atoms with Crippen molar-refractivity contribution >= 4 is 94.6 Å². The number of aromatic amines is 2. The minimum absolute atomic E-state index is 0. The first-order chi connectivity index (χ1) is 26.5. The molecule has 11 rings (SSSR count). The van der Waals surface area contributed by atoms with E-state index in [1.54, 1.807) is 24.3 Å². The van der Waals surface area contributed by atoms with Gasteiger partial charge in [-0.3, -0.25) is 0 Å². The Kier molecular flexibility index (Phi) is 7.65. The third kappa shape index (κ3) is 5.33. The molecule has 5 heterocycles. The zero-order chi connectivity index (χ0) is 36.0. The number of rotatable bonds is 3. The molecule has 0 fully saturated rings. The summed E-state index contributed by atoms with van der Waals surface area (Å²) < 4.78 is 34.6. The second-order valence-electron chi connectivity index (χ2n) is 12.9. The number of nitrogens with zero attached hydrogens (tertiary/aromatic N) is 6. The van der Waals surface area contributed by atoms with E-state index in [0.717, 1.165) is 38.4 Å². The molecular weight excluding hydrogens is 720 g/mol. The van der Waals surface area contributed by atoms with Crippen LogP contribution in [0.4, 0.5) is 0 Å². The number of hydrogen-bond donors (Lipinski definition) is 2. The van der Waals surface area contributed by atoms with Crippen molar-refractivity contribution in [1.82, 2.24) is 39.9 Å². The van der Waals surface area contributed by atoms with E-state index in [1.807, 2.05) is 103 Å². The van der Waals surface area contributed by atoms with E-state index in [2.05, 4.69) is 9.97 Å². The van der Waals surface area contributed by atoms with Crippen molar-refractivity contribution < 1.29 is 12.6 Å². The van der Waals surface area contributed by atoms with E-state index in [4.69, 9.17) is 34.1 Å². The summed E-state index contributed by atoms with van der Waals surface area (Å²) in [5.41, 5.74) is 4.87. The van der Waals surface area contributed by atoms with E-state index >= 15 is 0 Å². The van der Waals surface area contributed by atoms with Crippen molar-refractivity contribution in [2.45, 2.75) is 4.90 Å². The van der Waals surface area contributed by atoms with Crippen molar-refractivity contribution in [3.8, 4) is 51.3 Å². The van der Waals surface area contributed by atoms with Gasteiger partial charge < -0.3 is 14.2 Å². The third-order valence-electron chi connectivity index (χ3n) is 9.76. The minimum atomic E-state index is -4.42. The Morgan fingerprint density at radius 1 is 0.418 bits per heavy atom. The first kappa shape index (κ1) is 33.3. The Morgan fingerprint density at radius 3 is 1.42 bits per heavy atom. The zero-order valence-corrected chi connectivity index (χ0v) is 28.8. The van der Waals surface area contributed by atoms with Gasteiger partial charge in [0, 0.05) is 43.8 Å². The first-order valence-corrected chi connectivity index (χ1v) is 18.5. The number of aromatic nitrogens is 8. The Balaban J connectivity index is 0.00000372. The van der Waals surface area contributed by atoms with Gasteiger partial charge in [0.25, 0.3) is 0 Å². The molecule has 0 aliphatic carbocycles. The molecule has 0 saturated carbocycles. The van der Waals surface area contributed by atoms with Crippen LogP contribution in [0.5, 0.6) is 5.75 Å². The number of hydrogen-bond acceptors (Lipinski definition) is 9. The Bertz CT molecular complexity index is 3350. The molecular formula is C42H25N8NaO3S.